The van der Waals surface area contributed by atoms with Gasteiger partial charge in [-0.25, -0.2) is 13.4 Å². The molecule has 2 aromatic rings. The predicted molar refractivity (Wildman–Crippen MR) is 88.3 cm³/mol. The molecule has 0 atom stereocenters. The Labute approximate surface area is 135 Å². The molecular formula is C17H16N2O3S. The first kappa shape index (κ1) is 15.4. The molecule has 118 valence electrons. The van der Waals surface area contributed by atoms with Crippen molar-refractivity contribution in [3.05, 3.63) is 54.1 Å². The quantitative estimate of drug-likeness (QED) is 0.870. The molecule has 6 heteroatoms. The van der Waals surface area contributed by atoms with Crippen molar-refractivity contribution in [3.63, 3.8) is 0 Å². The lowest BCUT2D eigenvalue weighted by molar-refractivity contribution is -0.116. The van der Waals surface area contributed by atoms with E-state index in [-0.39, 0.29) is 15.7 Å². The second-order valence-electron chi connectivity index (χ2n) is 5.53. The summed E-state index contributed by atoms with van der Waals surface area (Å²) in [5, 5.41) is 5.45. The van der Waals surface area contributed by atoms with Crippen LogP contribution in [-0.4, -0.2) is 20.0 Å². The molecule has 0 saturated heterocycles. The number of carbonyl (C=O) groups is 1. The van der Waals surface area contributed by atoms with Crippen LogP contribution in [0, 0.1) is 6.92 Å². The van der Waals surface area contributed by atoms with Gasteiger partial charge in [0, 0.05) is 5.71 Å². The highest BCUT2D eigenvalue weighted by molar-refractivity contribution is 7.91. The van der Waals surface area contributed by atoms with Gasteiger partial charge in [-0.1, -0.05) is 17.7 Å². The zero-order valence-electron chi connectivity index (χ0n) is 12.9. The number of hydrogen-bond acceptors (Lipinski definition) is 4. The van der Waals surface area contributed by atoms with Crippen molar-refractivity contribution in [2.75, 3.05) is 5.01 Å². The van der Waals surface area contributed by atoms with Crippen molar-refractivity contribution in [3.8, 4) is 0 Å². The molecule has 1 amide bonds. The molecule has 0 unspecified atom stereocenters. The minimum atomic E-state index is -3.56. The number of amides is 1. The van der Waals surface area contributed by atoms with Crippen molar-refractivity contribution in [1.29, 1.82) is 0 Å². The maximum absolute atomic E-state index is 12.6. The van der Waals surface area contributed by atoms with E-state index in [4.69, 9.17) is 0 Å². The van der Waals surface area contributed by atoms with E-state index in [0.29, 0.717) is 12.1 Å². The van der Waals surface area contributed by atoms with Gasteiger partial charge in [0.25, 0.3) is 5.91 Å². The fraction of sp³-hybridized carbons (Fsp3) is 0.176. The van der Waals surface area contributed by atoms with Crippen LogP contribution in [0.1, 0.15) is 18.9 Å². The zero-order valence-corrected chi connectivity index (χ0v) is 13.7. The first-order valence-electron chi connectivity index (χ1n) is 7.17. The van der Waals surface area contributed by atoms with Gasteiger partial charge in [-0.3, -0.25) is 4.79 Å². The lowest BCUT2D eigenvalue weighted by Crippen LogP contribution is -2.19. The Morgan fingerprint density at radius 1 is 0.913 bits per heavy atom. The molecule has 0 aliphatic carbocycles. The van der Waals surface area contributed by atoms with E-state index in [1.54, 1.807) is 43.3 Å². The molecule has 1 heterocycles. The molecule has 3 rings (SSSR count). The highest BCUT2D eigenvalue weighted by atomic mass is 32.2. The van der Waals surface area contributed by atoms with Crippen molar-refractivity contribution in [2.24, 2.45) is 5.10 Å². The third-order valence-corrected chi connectivity index (χ3v) is 5.42. The zero-order chi connectivity index (χ0) is 16.6. The molecule has 0 N–H and O–H groups in total. The van der Waals surface area contributed by atoms with E-state index in [0.717, 1.165) is 11.3 Å². The molecule has 2 aromatic carbocycles. The van der Waals surface area contributed by atoms with E-state index < -0.39 is 9.84 Å². The van der Waals surface area contributed by atoms with Crippen molar-refractivity contribution < 1.29 is 13.2 Å². The first-order chi connectivity index (χ1) is 10.9. The average Bonchev–Trinajstić information content (AvgIpc) is 2.86. The fourth-order valence-corrected chi connectivity index (χ4v) is 3.64. The summed E-state index contributed by atoms with van der Waals surface area (Å²) in [5.74, 6) is -0.114. The fourth-order valence-electron chi connectivity index (χ4n) is 2.38. The van der Waals surface area contributed by atoms with Gasteiger partial charge in [-0.05, 0) is 50.2 Å². The molecule has 0 aromatic heterocycles. The summed E-state index contributed by atoms with van der Waals surface area (Å²) in [5.41, 5.74) is 2.31. The molecule has 1 aliphatic rings. The molecule has 0 fully saturated rings. The number of anilines is 1. The molecule has 5 nitrogen and oxygen atoms in total. The van der Waals surface area contributed by atoms with Crippen LogP contribution in [-0.2, 0) is 14.6 Å². The number of carbonyl (C=O) groups excluding carboxylic acids is 1. The van der Waals surface area contributed by atoms with Crippen LogP contribution in [0.4, 0.5) is 5.69 Å². The topological polar surface area (TPSA) is 66.8 Å². The summed E-state index contributed by atoms with van der Waals surface area (Å²) < 4.78 is 25.2. The van der Waals surface area contributed by atoms with Gasteiger partial charge in [0.15, 0.2) is 0 Å². The molecule has 23 heavy (non-hydrogen) atoms. The van der Waals surface area contributed by atoms with E-state index in [1.165, 1.54) is 17.1 Å². The highest BCUT2D eigenvalue weighted by Gasteiger charge is 2.23. The summed E-state index contributed by atoms with van der Waals surface area (Å²) >= 11 is 0. The molecular weight excluding hydrogens is 312 g/mol. The lowest BCUT2D eigenvalue weighted by atomic mass is 10.2. The standard InChI is InChI=1S/C17H16N2O3S/c1-12-3-7-15(8-4-12)23(21,22)16-9-5-14(6-10-16)19-17(20)11-13(2)18-19/h3-10H,11H2,1-2H3. The second-order valence-corrected chi connectivity index (χ2v) is 7.48. The highest BCUT2D eigenvalue weighted by Crippen LogP contribution is 2.26. The summed E-state index contributed by atoms with van der Waals surface area (Å²) in [6.07, 6.45) is 0.295. The van der Waals surface area contributed by atoms with Gasteiger partial charge >= 0.3 is 0 Å². The van der Waals surface area contributed by atoms with Gasteiger partial charge in [-0.15, -0.1) is 0 Å². The van der Waals surface area contributed by atoms with Gasteiger partial charge < -0.3 is 0 Å². The van der Waals surface area contributed by atoms with Gasteiger partial charge in [-0.2, -0.15) is 5.10 Å². The van der Waals surface area contributed by atoms with E-state index >= 15 is 0 Å². The van der Waals surface area contributed by atoms with Crippen molar-refractivity contribution in [2.45, 2.75) is 30.1 Å². The summed E-state index contributed by atoms with van der Waals surface area (Å²) in [4.78, 5) is 12.3. The smallest absolute Gasteiger partial charge is 0.253 e. The second kappa shape index (κ2) is 5.62. The SMILES string of the molecule is CC1=NN(c2ccc(S(=O)(=O)c3ccc(C)cc3)cc2)C(=O)C1. The van der Waals surface area contributed by atoms with Crippen LogP contribution in [0.25, 0.3) is 0 Å². The first-order valence-corrected chi connectivity index (χ1v) is 8.65. The maximum atomic E-state index is 12.6. The van der Waals surface area contributed by atoms with E-state index in [2.05, 4.69) is 5.10 Å². The Kier molecular flexibility index (Phi) is 3.77. The average molecular weight is 328 g/mol. The number of nitrogens with zero attached hydrogens (tertiary/aromatic N) is 2. The normalized spacial score (nSPS) is 15.0. The minimum absolute atomic E-state index is 0.114. The van der Waals surface area contributed by atoms with Crippen LogP contribution in [0.15, 0.2) is 63.4 Å². The van der Waals surface area contributed by atoms with Crippen LogP contribution >= 0.6 is 0 Å². The maximum Gasteiger partial charge on any atom is 0.253 e. The largest absolute Gasteiger partial charge is 0.272 e. The van der Waals surface area contributed by atoms with Gasteiger partial charge in [0.05, 0.1) is 21.9 Å². The Balaban J connectivity index is 1.93. The number of benzene rings is 2. The molecule has 1 aliphatic heterocycles. The summed E-state index contributed by atoms with van der Waals surface area (Å²) in [6.45, 7) is 3.69. The lowest BCUT2D eigenvalue weighted by Gasteiger charge is -2.12. The van der Waals surface area contributed by atoms with Crippen LogP contribution in [0.3, 0.4) is 0 Å². The summed E-state index contributed by atoms with van der Waals surface area (Å²) in [7, 11) is -3.56. The molecule has 0 bridgehead atoms. The Hall–Kier alpha value is -2.47. The van der Waals surface area contributed by atoms with Crippen LogP contribution in [0.5, 0.6) is 0 Å². The predicted octanol–water partition coefficient (Wildman–Crippen LogP) is 2.94. The van der Waals surface area contributed by atoms with Gasteiger partial charge in [0.2, 0.25) is 9.84 Å². The Morgan fingerprint density at radius 2 is 1.43 bits per heavy atom. The molecule has 0 spiro atoms. The van der Waals surface area contributed by atoms with Crippen LogP contribution < -0.4 is 5.01 Å². The van der Waals surface area contributed by atoms with Crippen molar-refractivity contribution >= 4 is 27.1 Å². The van der Waals surface area contributed by atoms with Crippen molar-refractivity contribution in [1.82, 2.24) is 0 Å². The number of rotatable bonds is 3. The molecule has 0 radical (unpaired) electrons. The monoisotopic (exact) mass is 328 g/mol. The Bertz CT molecular complexity index is 882. The number of aryl methyl sites for hydroxylation is 1. The van der Waals surface area contributed by atoms with Crippen LogP contribution in [0.2, 0.25) is 0 Å². The third-order valence-electron chi connectivity index (χ3n) is 3.64. The van der Waals surface area contributed by atoms with E-state index in [1.807, 2.05) is 6.92 Å². The summed E-state index contributed by atoms with van der Waals surface area (Å²) in [6, 6.07) is 12.9. The Morgan fingerprint density at radius 3 is 1.91 bits per heavy atom. The molecule has 0 saturated carbocycles. The van der Waals surface area contributed by atoms with E-state index in [9.17, 15) is 13.2 Å². The third kappa shape index (κ3) is 2.90. The number of sulfone groups is 1. The number of hydrazone groups is 1. The number of hydrogen-bond donors (Lipinski definition) is 0. The van der Waals surface area contributed by atoms with Gasteiger partial charge in [0.1, 0.15) is 0 Å². The minimum Gasteiger partial charge on any atom is -0.272 e.